The summed E-state index contributed by atoms with van der Waals surface area (Å²) < 4.78 is 11.8. The smallest absolute Gasteiger partial charge is 0.320 e. The zero-order chi connectivity index (χ0) is 39.6. The Kier molecular flexibility index (Phi) is 13.7. The van der Waals surface area contributed by atoms with Crippen LogP contribution in [0.4, 0.5) is 34.6 Å². The first kappa shape index (κ1) is 40.2. The van der Waals surface area contributed by atoms with Gasteiger partial charge in [0.2, 0.25) is 11.8 Å². The first-order valence-corrected chi connectivity index (χ1v) is 21.1. The van der Waals surface area contributed by atoms with Gasteiger partial charge in [-0.25, -0.2) is 5.01 Å². The number of nitrogens with one attached hydrogen (secondary N) is 3. The monoisotopic (exact) mass is 784 g/mol. The van der Waals surface area contributed by atoms with Crippen LogP contribution < -0.4 is 41.1 Å². The molecule has 1 aromatic carbocycles. The molecule has 0 unspecified atom stereocenters. The van der Waals surface area contributed by atoms with Crippen molar-refractivity contribution in [3.63, 3.8) is 0 Å². The van der Waals surface area contributed by atoms with E-state index in [0.717, 1.165) is 103 Å². The first-order valence-electron chi connectivity index (χ1n) is 21.1. The number of hydrogen-bond acceptors (Lipinski definition) is 14. The lowest BCUT2D eigenvalue weighted by Gasteiger charge is -2.36. The fourth-order valence-electron chi connectivity index (χ4n) is 8.05. The van der Waals surface area contributed by atoms with Crippen LogP contribution in [0, 0.1) is 11.8 Å². The van der Waals surface area contributed by atoms with Gasteiger partial charge in [0, 0.05) is 32.7 Å². The molecular weight excluding hydrogens is 725 g/mol. The predicted molar refractivity (Wildman–Crippen MR) is 223 cm³/mol. The number of benzene rings is 1. The Balaban J connectivity index is 0.956. The van der Waals surface area contributed by atoms with Gasteiger partial charge in [-0.2, -0.15) is 19.9 Å². The number of carbonyl (C=O) groups excluding carboxylic acids is 2. The fraction of sp³-hybridized carbons (Fsp3) is 0.610. The number of carbonyl (C=O) groups is 2. The minimum absolute atomic E-state index is 0.0650. The number of ether oxygens (including phenoxy) is 2. The van der Waals surface area contributed by atoms with Crippen LogP contribution >= 0.6 is 0 Å². The van der Waals surface area contributed by atoms with E-state index >= 15 is 0 Å². The van der Waals surface area contributed by atoms with Gasteiger partial charge in [0.15, 0.2) is 23.3 Å². The van der Waals surface area contributed by atoms with Crippen LogP contribution in [0.5, 0.6) is 12.0 Å². The molecule has 16 nitrogen and oxygen atoms in total. The van der Waals surface area contributed by atoms with Crippen molar-refractivity contribution in [2.75, 3.05) is 97.2 Å². The molecule has 57 heavy (non-hydrogen) atoms. The zero-order valence-electron chi connectivity index (χ0n) is 33.7. The SMILES string of the molecule is CCCCOc1nc(N)c2c(n1)N(CCC1CCN(Nc3nc(OCCCC)nc4c3NC(=O)CN4CCC3CCN(Cc4ccccc4)CC3)CC1)CC(=O)N2. The summed E-state index contributed by atoms with van der Waals surface area (Å²) in [6.45, 7) is 11.9. The van der Waals surface area contributed by atoms with Gasteiger partial charge in [0.25, 0.3) is 0 Å². The van der Waals surface area contributed by atoms with Gasteiger partial charge in [-0.1, -0.05) is 57.0 Å². The molecule has 0 radical (unpaired) electrons. The second-order valence-corrected chi connectivity index (χ2v) is 15.8. The molecule has 0 aliphatic carbocycles. The van der Waals surface area contributed by atoms with Crippen LogP contribution in [0.25, 0.3) is 0 Å². The van der Waals surface area contributed by atoms with Crippen molar-refractivity contribution in [1.29, 1.82) is 0 Å². The normalized spacial score (nSPS) is 18.1. The molecular formula is C41H60N12O4. The van der Waals surface area contributed by atoms with E-state index in [1.54, 1.807) is 0 Å². The largest absolute Gasteiger partial charge is 0.463 e. The van der Waals surface area contributed by atoms with Gasteiger partial charge in [0.05, 0.1) is 26.3 Å². The van der Waals surface area contributed by atoms with Gasteiger partial charge in [-0.05, 0) is 81.9 Å². The maximum absolute atomic E-state index is 13.1. The third-order valence-corrected chi connectivity index (χ3v) is 11.5. The summed E-state index contributed by atoms with van der Waals surface area (Å²) in [5.74, 6) is 2.94. The Labute approximate surface area is 336 Å². The molecule has 2 fully saturated rings. The van der Waals surface area contributed by atoms with E-state index in [1.807, 2.05) is 4.90 Å². The van der Waals surface area contributed by atoms with Crippen molar-refractivity contribution in [1.82, 2.24) is 29.8 Å². The minimum atomic E-state index is -0.131. The Morgan fingerprint density at radius 3 is 1.88 bits per heavy atom. The summed E-state index contributed by atoms with van der Waals surface area (Å²) in [6, 6.07) is 11.2. The number of unbranched alkanes of at least 4 members (excludes halogenated alkanes) is 2. The molecule has 0 saturated carbocycles. The molecule has 308 valence electrons. The Morgan fingerprint density at radius 2 is 1.28 bits per heavy atom. The number of amides is 2. The maximum Gasteiger partial charge on any atom is 0.320 e. The van der Waals surface area contributed by atoms with Crippen molar-refractivity contribution in [2.45, 2.75) is 84.6 Å². The number of piperidine rings is 2. The van der Waals surface area contributed by atoms with Gasteiger partial charge < -0.3 is 41.1 Å². The van der Waals surface area contributed by atoms with Crippen LogP contribution in [0.15, 0.2) is 30.3 Å². The van der Waals surface area contributed by atoms with Crippen molar-refractivity contribution in [3.8, 4) is 12.0 Å². The molecule has 2 aromatic heterocycles. The highest BCUT2D eigenvalue weighted by atomic mass is 16.5. The molecule has 3 aromatic rings. The van der Waals surface area contributed by atoms with Gasteiger partial charge >= 0.3 is 12.0 Å². The number of rotatable bonds is 18. The van der Waals surface area contributed by atoms with Crippen molar-refractivity contribution < 1.29 is 19.1 Å². The van der Waals surface area contributed by atoms with E-state index in [0.29, 0.717) is 66.4 Å². The van der Waals surface area contributed by atoms with Crippen LogP contribution in [0.2, 0.25) is 0 Å². The van der Waals surface area contributed by atoms with E-state index in [-0.39, 0.29) is 36.7 Å². The lowest BCUT2D eigenvalue weighted by molar-refractivity contribution is -0.116. The topological polar surface area (TPSA) is 179 Å². The van der Waals surface area contributed by atoms with E-state index in [1.165, 1.54) is 5.56 Å². The maximum atomic E-state index is 13.1. The summed E-state index contributed by atoms with van der Waals surface area (Å²) in [5, 5.41) is 8.10. The van der Waals surface area contributed by atoms with E-state index < -0.39 is 0 Å². The first-order chi connectivity index (χ1) is 27.8. The number of nitrogens with two attached hydrogens (primary N) is 1. The van der Waals surface area contributed by atoms with E-state index in [2.05, 4.69) is 85.0 Å². The van der Waals surface area contributed by atoms with Crippen LogP contribution in [-0.4, -0.2) is 107 Å². The van der Waals surface area contributed by atoms with Crippen molar-refractivity contribution in [3.05, 3.63) is 35.9 Å². The van der Waals surface area contributed by atoms with Gasteiger partial charge in [-0.3, -0.25) is 14.5 Å². The number of hydrazine groups is 1. The summed E-state index contributed by atoms with van der Waals surface area (Å²) in [4.78, 5) is 50.9. The molecule has 2 saturated heterocycles. The fourth-order valence-corrected chi connectivity index (χ4v) is 8.05. The number of hydrogen-bond donors (Lipinski definition) is 4. The summed E-state index contributed by atoms with van der Waals surface area (Å²) in [6.07, 6.45) is 9.90. The van der Waals surface area contributed by atoms with Crippen LogP contribution in [-0.2, 0) is 16.1 Å². The highest BCUT2D eigenvalue weighted by Gasteiger charge is 2.32. The van der Waals surface area contributed by atoms with Gasteiger partial charge in [-0.15, -0.1) is 0 Å². The Bertz CT molecular complexity index is 1800. The number of nitrogen functional groups attached to an aromatic ring is 1. The number of anilines is 6. The lowest BCUT2D eigenvalue weighted by atomic mass is 9.93. The third-order valence-electron chi connectivity index (χ3n) is 11.5. The lowest BCUT2D eigenvalue weighted by Crippen LogP contribution is -2.43. The molecule has 16 heteroatoms. The number of likely N-dealkylation sites (tertiary alicyclic amines) is 1. The van der Waals surface area contributed by atoms with Crippen molar-refractivity contribution in [2.24, 2.45) is 11.8 Å². The third kappa shape index (κ3) is 10.7. The minimum Gasteiger partial charge on any atom is -0.463 e. The summed E-state index contributed by atoms with van der Waals surface area (Å²) >= 11 is 0. The highest BCUT2D eigenvalue weighted by molar-refractivity contribution is 6.04. The zero-order valence-corrected chi connectivity index (χ0v) is 33.7. The van der Waals surface area contributed by atoms with Gasteiger partial charge in [0.1, 0.15) is 11.4 Å². The second kappa shape index (κ2) is 19.5. The molecule has 4 aliphatic heterocycles. The number of nitrogens with zero attached hydrogens (tertiary/aromatic N) is 8. The number of aromatic nitrogens is 4. The van der Waals surface area contributed by atoms with E-state index in [4.69, 9.17) is 25.2 Å². The summed E-state index contributed by atoms with van der Waals surface area (Å²) in [5.41, 5.74) is 12.2. The second-order valence-electron chi connectivity index (χ2n) is 15.8. The molecule has 0 spiro atoms. The molecule has 2 amide bonds. The molecule has 4 aliphatic rings. The molecule has 7 rings (SSSR count). The molecule has 0 bridgehead atoms. The predicted octanol–water partition coefficient (Wildman–Crippen LogP) is 5.16. The molecule has 6 heterocycles. The highest BCUT2D eigenvalue weighted by Crippen LogP contribution is 2.38. The number of fused-ring (bicyclic) bond motifs is 2. The van der Waals surface area contributed by atoms with Crippen LogP contribution in [0.3, 0.4) is 0 Å². The van der Waals surface area contributed by atoms with E-state index in [9.17, 15) is 9.59 Å². The average Bonchev–Trinajstić information content (AvgIpc) is 3.21. The standard InChI is InChI=1S/C41H60N12O4/c1-3-5-24-56-40-45-36(42)34-38(47-40)51(27-32(54)43-34)20-15-30-16-22-53(23-17-30)49-37-35-39(48-41(46-37)57-25-6-4-2)52(28-33(55)44-35)21-14-29-12-18-50(19-13-29)26-31-10-8-7-9-11-31/h7-11,29-30H,3-6,12-28H2,1-2H3,(H,43,54)(H,44,55)(H2,42,45,47)(H,46,48,49). The van der Waals surface area contributed by atoms with Crippen LogP contribution in [0.1, 0.15) is 83.6 Å². The Hall–Kier alpha value is -4.96. The molecule has 0 atom stereocenters. The quantitative estimate of drug-likeness (QED) is 0.124. The Morgan fingerprint density at radius 1 is 0.737 bits per heavy atom. The average molecular weight is 785 g/mol. The summed E-state index contributed by atoms with van der Waals surface area (Å²) in [7, 11) is 0. The molecule has 5 N–H and O–H groups in total. The van der Waals surface area contributed by atoms with Crippen molar-refractivity contribution >= 4 is 46.5 Å².